The molecule has 24 heavy (non-hydrogen) atoms. The van der Waals surface area contributed by atoms with Crippen LogP contribution in [0.5, 0.6) is 0 Å². The highest BCUT2D eigenvalue weighted by molar-refractivity contribution is 7.22. The van der Waals surface area contributed by atoms with Crippen molar-refractivity contribution < 1.29 is 0 Å². The quantitative estimate of drug-likeness (QED) is 0.330. The van der Waals surface area contributed by atoms with E-state index < -0.39 is 0 Å². The first-order valence-electron chi connectivity index (χ1n) is 7.98. The molecule has 4 heterocycles. The van der Waals surface area contributed by atoms with Gasteiger partial charge in [0, 0.05) is 39.0 Å². The molecule has 0 atom stereocenters. The first kappa shape index (κ1) is 16.3. The van der Waals surface area contributed by atoms with Gasteiger partial charge in [-0.1, -0.05) is 0 Å². The zero-order valence-electron chi connectivity index (χ0n) is 13.7. The second kappa shape index (κ2) is 6.96. The van der Waals surface area contributed by atoms with Gasteiger partial charge in [-0.05, 0) is 75.2 Å². The fourth-order valence-corrected chi connectivity index (χ4v) is 6.60. The fraction of sp³-hybridized carbons (Fsp3) is 0.200. The van der Waals surface area contributed by atoms with Crippen LogP contribution in [0, 0.1) is 13.8 Å². The van der Waals surface area contributed by atoms with Gasteiger partial charge in [0.05, 0.1) is 0 Å². The zero-order chi connectivity index (χ0) is 16.5. The van der Waals surface area contributed by atoms with Gasteiger partial charge in [-0.2, -0.15) is 0 Å². The van der Waals surface area contributed by atoms with Crippen molar-refractivity contribution in [2.24, 2.45) is 0 Å². The summed E-state index contributed by atoms with van der Waals surface area (Å²) in [4.78, 5) is 11.3. The van der Waals surface area contributed by atoms with E-state index in [0.29, 0.717) is 0 Å². The minimum Gasteiger partial charge on any atom is -0.140 e. The van der Waals surface area contributed by atoms with Gasteiger partial charge in [-0.25, -0.2) is 0 Å². The molecule has 4 rings (SSSR count). The largest absolute Gasteiger partial charge is 0.140 e. The van der Waals surface area contributed by atoms with E-state index in [9.17, 15) is 0 Å². The second-order valence-electron chi connectivity index (χ2n) is 5.85. The lowest BCUT2D eigenvalue weighted by Gasteiger charge is -1.95. The highest BCUT2D eigenvalue weighted by atomic mass is 32.1. The monoisotopic (exact) mass is 386 g/mol. The van der Waals surface area contributed by atoms with Crippen molar-refractivity contribution in [3.63, 3.8) is 0 Å². The maximum Gasteiger partial charge on any atom is 0.0445 e. The van der Waals surface area contributed by atoms with Crippen LogP contribution >= 0.6 is 45.3 Å². The van der Waals surface area contributed by atoms with E-state index in [1.165, 1.54) is 39.0 Å². The Morgan fingerprint density at radius 1 is 0.500 bits per heavy atom. The van der Waals surface area contributed by atoms with Gasteiger partial charge in [-0.3, -0.25) is 0 Å². The van der Waals surface area contributed by atoms with Crippen LogP contribution in [0.15, 0.2) is 48.5 Å². The van der Waals surface area contributed by atoms with Gasteiger partial charge in [0.25, 0.3) is 0 Å². The molecule has 0 aromatic carbocycles. The number of hydrogen-bond donors (Lipinski definition) is 0. The van der Waals surface area contributed by atoms with Crippen LogP contribution in [0.2, 0.25) is 0 Å². The predicted molar refractivity (Wildman–Crippen MR) is 112 cm³/mol. The molecule has 0 aliphatic rings. The summed E-state index contributed by atoms with van der Waals surface area (Å²) in [6, 6.07) is 18.0. The van der Waals surface area contributed by atoms with Crippen LogP contribution < -0.4 is 0 Å². The highest BCUT2D eigenvalue weighted by Gasteiger charge is 2.08. The molecule has 0 nitrogen and oxygen atoms in total. The lowest BCUT2D eigenvalue weighted by Crippen LogP contribution is -1.83. The molecule has 0 saturated heterocycles. The van der Waals surface area contributed by atoms with E-state index in [1.807, 2.05) is 45.3 Å². The lowest BCUT2D eigenvalue weighted by atomic mass is 10.2. The maximum absolute atomic E-state index is 2.30. The molecule has 4 aromatic heterocycles. The van der Waals surface area contributed by atoms with Gasteiger partial charge in [0.2, 0.25) is 0 Å². The van der Waals surface area contributed by atoms with E-state index in [0.717, 1.165) is 12.8 Å². The molecule has 0 unspecified atom stereocenters. The molecule has 0 saturated carbocycles. The number of thiophene rings is 4. The zero-order valence-corrected chi connectivity index (χ0v) is 16.9. The van der Waals surface area contributed by atoms with Crippen LogP contribution in [0.1, 0.15) is 19.5 Å². The van der Waals surface area contributed by atoms with Crippen molar-refractivity contribution in [2.45, 2.75) is 26.7 Å². The van der Waals surface area contributed by atoms with Gasteiger partial charge in [-0.15, -0.1) is 45.3 Å². The molecular formula is C20H18S4. The van der Waals surface area contributed by atoms with Crippen molar-refractivity contribution in [1.82, 2.24) is 0 Å². The third-order valence-electron chi connectivity index (χ3n) is 3.91. The summed E-state index contributed by atoms with van der Waals surface area (Å²) in [6.07, 6.45) is 2.27. The Balaban J connectivity index is 1.42. The molecule has 0 fully saturated rings. The Kier molecular flexibility index (Phi) is 4.72. The summed E-state index contributed by atoms with van der Waals surface area (Å²) >= 11 is 7.65. The van der Waals surface area contributed by atoms with Crippen molar-refractivity contribution in [1.29, 1.82) is 0 Å². The summed E-state index contributed by atoms with van der Waals surface area (Å²) in [7, 11) is 0. The summed E-state index contributed by atoms with van der Waals surface area (Å²) < 4.78 is 0. The van der Waals surface area contributed by atoms with Gasteiger partial charge in [0.1, 0.15) is 0 Å². The molecule has 0 amide bonds. The molecule has 4 heteroatoms. The van der Waals surface area contributed by atoms with E-state index in [2.05, 4.69) is 62.4 Å². The molecule has 4 aromatic rings. The first-order chi connectivity index (χ1) is 11.7. The van der Waals surface area contributed by atoms with E-state index in [1.54, 1.807) is 0 Å². The van der Waals surface area contributed by atoms with Crippen LogP contribution in [-0.4, -0.2) is 0 Å². The Morgan fingerprint density at radius 2 is 0.875 bits per heavy atom. The third kappa shape index (κ3) is 3.57. The molecule has 0 bridgehead atoms. The molecule has 0 spiro atoms. The van der Waals surface area contributed by atoms with Crippen LogP contribution in [0.25, 0.3) is 19.5 Å². The average Bonchev–Trinajstić information content (AvgIpc) is 3.32. The van der Waals surface area contributed by atoms with Crippen molar-refractivity contribution >= 4 is 45.3 Å². The third-order valence-corrected chi connectivity index (χ3v) is 8.59. The smallest absolute Gasteiger partial charge is 0.0445 e. The highest BCUT2D eigenvalue weighted by Crippen LogP contribution is 2.36. The van der Waals surface area contributed by atoms with Crippen molar-refractivity contribution in [2.75, 3.05) is 0 Å². The van der Waals surface area contributed by atoms with E-state index in [-0.39, 0.29) is 0 Å². The number of rotatable bonds is 5. The second-order valence-corrected chi connectivity index (χ2v) is 10.8. The Labute approximate surface area is 159 Å². The topological polar surface area (TPSA) is 0 Å². The standard InChI is InChI=1S/C20H18S4/c1-13-3-9-17(21-13)19-11-7-15(23-19)5-6-16-8-12-20(24-16)18-10-4-14(2)22-18/h3-4,7-12H,5-6H2,1-2H3. The minimum atomic E-state index is 1.14. The summed E-state index contributed by atoms with van der Waals surface area (Å²) in [5, 5.41) is 0. The normalized spacial score (nSPS) is 11.2. The molecular weight excluding hydrogens is 368 g/mol. The number of hydrogen-bond acceptors (Lipinski definition) is 4. The minimum absolute atomic E-state index is 1.14. The Bertz CT molecular complexity index is 869. The Hall–Kier alpha value is -1.20. The van der Waals surface area contributed by atoms with Crippen molar-refractivity contribution in [3.05, 3.63) is 68.0 Å². The molecule has 0 aliphatic heterocycles. The molecule has 0 radical (unpaired) electrons. The van der Waals surface area contributed by atoms with Crippen LogP contribution in [-0.2, 0) is 12.8 Å². The molecule has 0 aliphatic carbocycles. The summed E-state index contributed by atoms with van der Waals surface area (Å²) in [6.45, 7) is 4.35. The van der Waals surface area contributed by atoms with Gasteiger partial charge in [0.15, 0.2) is 0 Å². The molecule has 122 valence electrons. The SMILES string of the molecule is Cc1ccc(-c2ccc(CCc3ccc(-c4ccc(C)s4)s3)s2)s1. The molecule has 0 N–H and O–H groups in total. The summed E-state index contributed by atoms with van der Waals surface area (Å²) in [5.41, 5.74) is 0. The number of aryl methyl sites for hydroxylation is 4. The van der Waals surface area contributed by atoms with Gasteiger partial charge >= 0.3 is 0 Å². The fourth-order valence-electron chi connectivity index (χ4n) is 2.67. The average molecular weight is 387 g/mol. The van der Waals surface area contributed by atoms with Gasteiger partial charge < -0.3 is 0 Å². The van der Waals surface area contributed by atoms with E-state index in [4.69, 9.17) is 0 Å². The Morgan fingerprint density at radius 3 is 1.25 bits per heavy atom. The predicted octanol–water partition coefficient (Wildman–Crippen LogP) is 7.67. The summed E-state index contributed by atoms with van der Waals surface area (Å²) in [5.74, 6) is 0. The van der Waals surface area contributed by atoms with Crippen LogP contribution in [0.3, 0.4) is 0 Å². The maximum atomic E-state index is 2.30. The lowest BCUT2D eigenvalue weighted by molar-refractivity contribution is 1.00. The van der Waals surface area contributed by atoms with E-state index >= 15 is 0 Å². The van der Waals surface area contributed by atoms with Crippen LogP contribution in [0.4, 0.5) is 0 Å². The van der Waals surface area contributed by atoms with Crippen molar-refractivity contribution in [3.8, 4) is 19.5 Å². The first-order valence-corrected chi connectivity index (χ1v) is 11.2.